The maximum absolute atomic E-state index is 11.1. The second-order valence-electron chi connectivity index (χ2n) is 5.39. The monoisotopic (exact) mass is 294 g/mol. The van der Waals surface area contributed by atoms with Gasteiger partial charge in [-0.25, -0.2) is 0 Å². The molecule has 2 rings (SSSR count). The van der Waals surface area contributed by atoms with Gasteiger partial charge in [-0.1, -0.05) is 13.0 Å². The van der Waals surface area contributed by atoms with Gasteiger partial charge in [0.1, 0.15) is 6.10 Å². The van der Waals surface area contributed by atoms with Crippen LogP contribution in [0.1, 0.15) is 38.2 Å². The van der Waals surface area contributed by atoms with Crippen molar-refractivity contribution in [3.8, 4) is 5.75 Å². The summed E-state index contributed by atoms with van der Waals surface area (Å²) in [6, 6.07) is 4.91. The van der Waals surface area contributed by atoms with E-state index in [-0.39, 0.29) is 17.5 Å². The summed E-state index contributed by atoms with van der Waals surface area (Å²) in [5, 5.41) is 24.2. The first-order valence-corrected chi connectivity index (χ1v) is 7.44. The minimum atomic E-state index is -0.536. The fourth-order valence-electron chi connectivity index (χ4n) is 2.53. The first-order valence-electron chi connectivity index (χ1n) is 7.44. The lowest BCUT2D eigenvalue weighted by atomic mass is 10.1. The zero-order valence-corrected chi connectivity index (χ0v) is 12.2. The van der Waals surface area contributed by atoms with Gasteiger partial charge < -0.3 is 15.2 Å². The van der Waals surface area contributed by atoms with Gasteiger partial charge in [0.2, 0.25) is 0 Å². The van der Waals surface area contributed by atoms with E-state index in [4.69, 9.17) is 4.74 Å². The number of hydrogen-bond donors (Lipinski definition) is 2. The van der Waals surface area contributed by atoms with Crippen molar-refractivity contribution in [3.63, 3.8) is 0 Å². The van der Waals surface area contributed by atoms with Crippen LogP contribution in [0.25, 0.3) is 0 Å². The summed E-state index contributed by atoms with van der Waals surface area (Å²) in [4.78, 5) is 10.7. The molecular weight excluding hydrogens is 272 g/mol. The van der Waals surface area contributed by atoms with Crippen molar-refractivity contribution in [2.45, 2.75) is 51.4 Å². The number of nitro benzene ring substituents is 1. The molecule has 116 valence electrons. The molecule has 0 heterocycles. The van der Waals surface area contributed by atoms with Crippen LogP contribution < -0.4 is 10.1 Å². The molecule has 0 saturated heterocycles. The Balaban J connectivity index is 2.14. The quantitative estimate of drug-likeness (QED) is 0.458. The first kappa shape index (κ1) is 15.7. The summed E-state index contributed by atoms with van der Waals surface area (Å²) in [6.45, 7) is 3.63. The van der Waals surface area contributed by atoms with Gasteiger partial charge >= 0.3 is 5.69 Å². The molecule has 21 heavy (non-hydrogen) atoms. The van der Waals surface area contributed by atoms with E-state index in [2.05, 4.69) is 12.2 Å². The van der Waals surface area contributed by atoms with Crippen LogP contribution in [-0.2, 0) is 6.54 Å². The normalized spacial score (nSPS) is 21.4. The fraction of sp³-hybridized carbons (Fsp3) is 0.600. The van der Waals surface area contributed by atoms with Crippen molar-refractivity contribution in [3.05, 3.63) is 33.9 Å². The standard InChI is InChI=1S/C15H22N2O4/c1-2-8-16-10-11-6-7-12(17(19)20)15(9-11)21-14-5-3-4-13(14)18/h6-7,9,13-14,16,18H,2-5,8,10H2,1H3. The average Bonchev–Trinajstić information content (AvgIpc) is 2.84. The Kier molecular flexibility index (Phi) is 5.52. The van der Waals surface area contributed by atoms with Crippen LogP contribution in [-0.4, -0.2) is 28.8 Å². The lowest BCUT2D eigenvalue weighted by Gasteiger charge is -2.17. The van der Waals surface area contributed by atoms with E-state index >= 15 is 0 Å². The molecule has 1 aliphatic rings. The minimum absolute atomic E-state index is 0.0478. The summed E-state index contributed by atoms with van der Waals surface area (Å²) in [5.74, 6) is 0.252. The Bertz CT molecular complexity index is 493. The van der Waals surface area contributed by atoms with Crippen molar-refractivity contribution < 1.29 is 14.8 Å². The van der Waals surface area contributed by atoms with Crippen LogP contribution in [0.15, 0.2) is 18.2 Å². The summed E-state index contributed by atoms with van der Waals surface area (Å²) in [5.41, 5.74) is 0.893. The van der Waals surface area contributed by atoms with Gasteiger partial charge in [-0.15, -0.1) is 0 Å². The number of nitrogens with zero attached hydrogens (tertiary/aromatic N) is 1. The Labute approximate surface area is 124 Å². The highest BCUT2D eigenvalue weighted by atomic mass is 16.6. The zero-order valence-electron chi connectivity index (χ0n) is 12.2. The minimum Gasteiger partial charge on any atom is -0.481 e. The molecule has 2 unspecified atom stereocenters. The number of aliphatic hydroxyl groups is 1. The second-order valence-corrected chi connectivity index (χ2v) is 5.39. The van der Waals surface area contributed by atoms with Crippen molar-refractivity contribution >= 4 is 5.69 Å². The van der Waals surface area contributed by atoms with Crippen LogP contribution in [0.2, 0.25) is 0 Å². The summed E-state index contributed by atoms with van der Waals surface area (Å²) in [7, 11) is 0. The molecule has 0 aromatic heterocycles. The third-order valence-corrected chi connectivity index (χ3v) is 3.67. The second kappa shape index (κ2) is 7.38. The predicted octanol–water partition coefficient (Wildman–Crippen LogP) is 2.39. The maximum atomic E-state index is 11.1. The number of aliphatic hydroxyl groups excluding tert-OH is 1. The molecule has 2 N–H and O–H groups in total. The van der Waals surface area contributed by atoms with Crippen LogP contribution in [0.3, 0.4) is 0 Å². The Morgan fingerprint density at radius 1 is 1.48 bits per heavy atom. The topological polar surface area (TPSA) is 84.6 Å². The maximum Gasteiger partial charge on any atom is 0.310 e. The molecule has 6 nitrogen and oxygen atoms in total. The van der Waals surface area contributed by atoms with E-state index in [1.54, 1.807) is 12.1 Å². The SMILES string of the molecule is CCCNCc1ccc([N+](=O)[O-])c(OC2CCCC2O)c1. The number of benzene rings is 1. The number of nitro groups is 1. The van der Waals surface area contributed by atoms with Crippen LogP contribution >= 0.6 is 0 Å². The molecule has 1 aromatic rings. The van der Waals surface area contributed by atoms with Crippen molar-refractivity contribution in [2.75, 3.05) is 6.54 Å². The highest BCUT2D eigenvalue weighted by Gasteiger charge is 2.29. The van der Waals surface area contributed by atoms with Gasteiger partial charge in [-0.3, -0.25) is 10.1 Å². The molecule has 0 bridgehead atoms. The molecule has 0 amide bonds. The highest BCUT2D eigenvalue weighted by Crippen LogP contribution is 2.32. The molecule has 1 fully saturated rings. The molecule has 1 saturated carbocycles. The molecule has 6 heteroatoms. The van der Waals surface area contributed by atoms with Crippen molar-refractivity contribution in [1.82, 2.24) is 5.32 Å². The van der Waals surface area contributed by atoms with Crippen LogP contribution in [0, 0.1) is 10.1 Å². The van der Waals surface area contributed by atoms with Crippen molar-refractivity contribution in [2.24, 2.45) is 0 Å². The Morgan fingerprint density at radius 3 is 2.90 bits per heavy atom. The molecule has 2 atom stereocenters. The van der Waals surface area contributed by atoms with Gasteiger partial charge in [0.25, 0.3) is 0 Å². The first-order chi connectivity index (χ1) is 10.1. The summed E-state index contributed by atoms with van der Waals surface area (Å²) in [6.07, 6.45) is 2.46. The van der Waals surface area contributed by atoms with Gasteiger partial charge in [0.05, 0.1) is 11.0 Å². The van der Waals surface area contributed by atoms with E-state index in [9.17, 15) is 15.2 Å². The number of hydrogen-bond acceptors (Lipinski definition) is 5. The molecule has 0 aliphatic heterocycles. The number of nitrogens with one attached hydrogen (secondary N) is 1. The predicted molar refractivity (Wildman–Crippen MR) is 79.4 cm³/mol. The third kappa shape index (κ3) is 4.15. The van der Waals surface area contributed by atoms with Crippen molar-refractivity contribution in [1.29, 1.82) is 0 Å². The smallest absolute Gasteiger partial charge is 0.310 e. The lowest BCUT2D eigenvalue weighted by molar-refractivity contribution is -0.386. The summed E-state index contributed by atoms with van der Waals surface area (Å²) < 4.78 is 5.71. The van der Waals surface area contributed by atoms with E-state index in [0.717, 1.165) is 31.4 Å². The van der Waals surface area contributed by atoms with Gasteiger partial charge in [-0.05, 0) is 43.9 Å². The summed E-state index contributed by atoms with van der Waals surface area (Å²) >= 11 is 0. The third-order valence-electron chi connectivity index (χ3n) is 3.67. The van der Waals surface area contributed by atoms with Gasteiger partial charge in [0.15, 0.2) is 5.75 Å². The largest absolute Gasteiger partial charge is 0.481 e. The lowest BCUT2D eigenvalue weighted by Crippen LogP contribution is -2.26. The molecule has 1 aromatic carbocycles. The zero-order chi connectivity index (χ0) is 15.2. The van der Waals surface area contributed by atoms with E-state index in [1.165, 1.54) is 6.07 Å². The highest BCUT2D eigenvalue weighted by molar-refractivity contribution is 5.48. The van der Waals surface area contributed by atoms with E-state index in [0.29, 0.717) is 13.0 Å². The molecule has 0 radical (unpaired) electrons. The Morgan fingerprint density at radius 2 is 2.29 bits per heavy atom. The fourth-order valence-corrected chi connectivity index (χ4v) is 2.53. The van der Waals surface area contributed by atoms with E-state index < -0.39 is 11.0 Å². The average molecular weight is 294 g/mol. The molecule has 1 aliphatic carbocycles. The number of rotatable bonds is 7. The number of ether oxygens (including phenoxy) is 1. The van der Waals surface area contributed by atoms with Crippen LogP contribution in [0.4, 0.5) is 5.69 Å². The Hall–Kier alpha value is -1.66. The molecular formula is C15H22N2O4. The van der Waals surface area contributed by atoms with E-state index in [1.807, 2.05) is 0 Å². The van der Waals surface area contributed by atoms with Gasteiger partial charge in [0, 0.05) is 12.6 Å². The van der Waals surface area contributed by atoms with Crippen LogP contribution in [0.5, 0.6) is 5.75 Å². The molecule has 0 spiro atoms. The van der Waals surface area contributed by atoms with Gasteiger partial charge in [-0.2, -0.15) is 0 Å².